The van der Waals surface area contributed by atoms with Crippen LogP contribution in [0, 0.1) is 0 Å². The zero-order valence-electron chi connectivity index (χ0n) is 9.55. The number of hydrogen-bond acceptors (Lipinski definition) is 4. The molecule has 0 aliphatic rings. The summed E-state index contributed by atoms with van der Waals surface area (Å²) in [5.41, 5.74) is 0. The molecule has 0 rings (SSSR count). The molecule has 122 valence electrons. The minimum absolute atomic E-state index is 0. The van der Waals surface area contributed by atoms with E-state index < -0.39 is 42.4 Å². The summed E-state index contributed by atoms with van der Waals surface area (Å²) in [6.07, 6.45) is 0. The van der Waals surface area contributed by atoms with Crippen molar-refractivity contribution < 1.29 is 81.5 Å². The molecule has 0 unspecified atom stereocenters. The molecule has 0 atom stereocenters. The Kier molecular flexibility index (Phi) is 6.40. The Hall–Kier alpha value is 0.260. The summed E-state index contributed by atoms with van der Waals surface area (Å²) in [4.78, 5) is 0. The maximum absolute atomic E-state index is 12.7. The van der Waals surface area contributed by atoms with Crippen molar-refractivity contribution in [2.24, 2.45) is 5.14 Å². The van der Waals surface area contributed by atoms with Gasteiger partial charge in [0.2, 0.25) is 0 Å². The third-order valence-corrected chi connectivity index (χ3v) is 3.72. The van der Waals surface area contributed by atoms with Crippen LogP contribution in [0.3, 0.4) is 0 Å². The van der Waals surface area contributed by atoms with E-state index in [0.717, 1.165) is 0 Å². The van der Waals surface area contributed by atoms with Gasteiger partial charge >= 0.3 is 51.9 Å². The Balaban J connectivity index is 0. The fourth-order valence-electron chi connectivity index (χ4n) is 0.713. The van der Waals surface area contributed by atoms with Crippen LogP contribution in [0.15, 0.2) is 0 Å². The number of hydrogen-bond donors (Lipinski definition) is 1. The largest absolute Gasteiger partial charge is 1.00 e. The van der Waals surface area contributed by atoms with E-state index in [2.05, 4.69) is 5.14 Å². The van der Waals surface area contributed by atoms with Crippen molar-refractivity contribution in [3.63, 3.8) is 0 Å². The van der Waals surface area contributed by atoms with Crippen molar-refractivity contribution in [3.05, 3.63) is 5.14 Å². The standard InChI is InChI=1S/C4H3F8N2O4S2.Na/c5-1(6,3(9,10)19(13,15)16)2(7,8)4(11,12)20(14,17)18;/h(H3-,13,14,15,16,17,18);/q-1;+1. The molecule has 0 bridgehead atoms. The molecule has 0 saturated carbocycles. The van der Waals surface area contributed by atoms with Crippen molar-refractivity contribution in [2.45, 2.75) is 22.4 Å². The first-order valence-corrected chi connectivity index (χ1v) is 6.81. The second kappa shape index (κ2) is 5.72. The van der Waals surface area contributed by atoms with Gasteiger partial charge in [0.1, 0.15) is 10.0 Å². The van der Waals surface area contributed by atoms with Crippen LogP contribution in [0.2, 0.25) is 0 Å². The summed E-state index contributed by atoms with van der Waals surface area (Å²) in [5, 5.41) is -4.79. The smallest absolute Gasteiger partial charge is 0.559 e. The normalized spacial score (nSPS) is 15.5. The molecule has 0 saturated heterocycles. The zero-order chi connectivity index (χ0) is 17.0. The molecule has 0 radical (unpaired) electrons. The molecular formula is C4H3F8N2NaO4S2. The summed E-state index contributed by atoms with van der Waals surface area (Å²) < 4.78 is 141. The quantitative estimate of drug-likeness (QED) is 0.442. The van der Waals surface area contributed by atoms with Crippen LogP contribution in [-0.4, -0.2) is 39.2 Å². The molecule has 17 heteroatoms. The number of rotatable bonds is 5. The molecule has 3 N–H and O–H groups in total. The van der Waals surface area contributed by atoms with E-state index in [1.165, 1.54) is 0 Å². The molecule has 0 fully saturated rings. The van der Waals surface area contributed by atoms with E-state index in [4.69, 9.17) is 5.14 Å². The number of primary sulfonamides is 1. The van der Waals surface area contributed by atoms with Crippen LogP contribution in [0.5, 0.6) is 0 Å². The first-order valence-electron chi connectivity index (χ1n) is 3.78. The molecule has 21 heavy (non-hydrogen) atoms. The summed E-state index contributed by atoms with van der Waals surface area (Å²) in [5.74, 6) is -14.8. The monoisotopic (exact) mass is 382 g/mol. The van der Waals surface area contributed by atoms with E-state index in [-0.39, 0.29) is 29.6 Å². The van der Waals surface area contributed by atoms with Crippen molar-refractivity contribution in [2.75, 3.05) is 0 Å². The first kappa shape index (κ1) is 23.5. The molecule has 0 spiro atoms. The Bertz CT molecular complexity index is 548. The predicted octanol–water partition coefficient (Wildman–Crippen LogP) is -1.88. The van der Waals surface area contributed by atoms with Crippen LogP contribution in [0.1, 0.15) is 0 Å². The molecule has 0 aromatic carbocycles. The Morgan fingerprint density at radius 2 is 0.952 bits per heavy atom. The zero-order valence-corrected chi connectivity index (χ0v) is 13.2. The average Bonchev–Trinajstić information content (AvgIpc) is 2.12. The van der Waals surface area contributed by atoms with Crippen LogP contribution in [-0.2, 0) is 20.0 Å². The van der Waals surface area contributed by atoms with Gasteiger partial charge in [-0.05, 0) is 0 Å². The van der Waals surface area contributed by atoms with Gasteiger partial charge in [-0.15, -0.1) is 0 Å². The second-order valence-corrected chi connectivity index (χ2v) is 6.35. The maximum atomic E-state index is 12.7. The SMILES string of the molecule is [NH-]S(=O)(=O)C(F)(F)C(F)(F)C(F)(F)C(F)(F)S(N)(=O)=O.[Na+]. The van der Waals surface area contributed by atoms with Gasteiger partial charge in [-0.1, -0.05) is 0 Å². The van der Waals surface area contributed by atoms with Gasteiger partial charge in [0.05, 0.1) is 0 Å². The molecule has 0 aliphatic heterocycles. The van der Waals surface area contributed by atoms with Crippen LogP contribution < -0.4 is 34.7 Å². The number of alkyl halides is 8. The van der Waals surface area contributed by atoms with Gasteiger partial charge in [0.15, 0.2) is 0 Å². The van der Waals surface area contributed by atoms with Gasteiger partial charge in [0, 0.05) is 0 Å². The molecule has 0 aromatic heterocycles. The van der Waals surface area contributed by atoms with Crippen LogP contribution in [0.25, 0.3) is 5.14 Å². The summed E-state index contributed by atoms with van der Waals surface area (Å²) in [6.45, 7) is 0. The van der Waals surface area contributed by atoms with E-state index in [1.54, 1.807) is 0 Å². The van der Waals surface area contributed by atoms with Gasteiger partial charge in [-0.2, -0.15) is 35.1 Å². The molecule has 0 aromatic rings. The first-order chi connectivity index (χ1) is 8.25. The number of sulfonamides is 2. The molecule has 0 aliphatic carbocycles. The van der Waals surface area contributed by atoms with Crippen molar-refractivity contribution in [1.29, 1.82) is 0 Å². The summed E-state index contributed by atoms with van der Waals surface area (Å²) in [7, 11) is -13.8. The van der Waals surface area contributed by atoms with Gasteiger partial charge in [0.25, 0.3) is 10.0 Å². The number of halogens is 8. The number of nitrogens with two attached hydrogens (primary N) is 1. The van der Waals surface area contributed by atoms with E-state index >= 15 is 0 Å². The molecular weight excluding hydrogens is 379 g/mol. The number of nitrogens with one attached hydrogen (secondary N) is 1. The van der Waals surface area contributed by atoms with E-state index in [9.17, 15) is 52.0 Å². The third-order valence-electron chi connectivity index (χ3n) is 1.82. The Morgan fingerprint density at radius 3 is 1.14 bits per heavy atom. The molecule has 6 nitrogen and oxygen atoms in total. The van der Waals surface area contributed by atoms with Crippen LogP contribution in [0.4, 0.5) is 35.1 Å². The summed E-state index contributed by atoms with van der Waals surface area (Å²) in [6, 6.07) is 0. The minimum Gasteiger partial charge on any atom is -0.559 e. The Morgan fingerprint density at radius 1 is 0.714 bits per heavy atom. The van der Waals surface area contributed by atoms with Crippen molar-refractivity contribution in [3.8, 4) is 0 Å². The molecule has 0 amide bonds. The second-order valence-electron chi connectivity index (χ2n) is 3.23. The third kappa shape index (κ3) is 3.30. The van der Waals surface area contributed by atoms with Crippen molar-refractivity contribution in [1.82, 2.24) is 0 Å². The Labute approximate surface area is 134 Å². The fourth-order valence-corrected chi connectivity index (χ4v) is 1.66. The van der Waals surface area contributed by atoms with Crippen molar-refractivity contribution >= 4 is 20.0 Å². The van der Waals surface area contributed by atoms with E-state index in [1.807, 2.05) is 0 Å². The van der Waals surface area contributed by atoms with E-state index in [0.29, 0.717) is 0 Å². The predicted molar refractivity (Wildman–Crippen MR) is 46.1 cm³/mol. The molecule has 0 heterocycles. The van der Waals surface area contributed by atoms with Gasteiger partial charge in [-0.3, -0.25) is 0 Å². The maximum Gasteiger partial charge on any atom is 1.00 e. The fraction of sp³-hybridized carbons (Fsp3) is 1.00. The topological polar surface area (TPSA) is 118 Å². The minimum atomic E-state index is -7.43. The average molecular weight is 382 g/mol. The van der Waals surface area contributed by atoms with Gasteiger partial charge < -0.3 is 5.14 Å². The summed E-state index contributed by atoms with van der Waals surface area (Å²) >= 11 is 0. The van der Waals surface area contributed by atoms with Gasteiger partial charge in [-0.25, -0.2) is 22.0 Å². The van der Waals surface area contributed by atoms with Crippen LogP contribution >= 0.6 is 0 Å².